The molecular weight excluding hydrogens is 172 g/mol. The fraction of sp³-hybridized carbons (Fsp3) is 0. The van der Waals surface area contributed by atoms with Crippen LogP contribution in [-0.4, -0.2) is 20.1 Å². The number of thiocarbonyl (C=S) groups is 1. The Balaban J connectivity index is 2.79. The summed E-state index contributed by atoms with van der Waals surface area (Å²) in [5.74, 6) is 0. The SMILES string of the molecule is OC(=S)n1ncc2ccccc21. The summed E-state index contributed by atoms with van der Waals surface area (Å²) in [7, 11) is 0. The number of rotatable bonds is 0. The molecule has 2 aromatic rings. The van der Waals surface area contributed by atoms with Gasteiger partial charge in [-0.3, -0.25) is 0 Å². The maximum absolute atomic E-state index is 9.04. The Hall–Kier alpha value is -1.42. The normalized spacial score (nSPS) is 10.3. The predicted molar refractivity (Wildman–Crippen MR) is 50.4 cm³/mol. The van der Waals surface area contributed by atoms with E-state index < -0.39 is 0 Å². The molecule has 12 heavy (non-hydrogen) atoms. The van der Waals surface area contributed by atoms with Gasteiger partial charge in [-0.2, -0.15) is 9.78 Å². The number of benzene rings is 1. The summed E-state index contributed by atoms with van der Waals surface area (Å²) in [6, 6.07) is 7.55. The molecule has 0 atom stereocenters. The molecule has 1 heterocycles. The Morgan fingerprint density at radius 1 is 1.42 bits per heavy atom. The van der Waals surface area contributed by atoms with Crippen molar-refractivity contribution in [2.45, 2.75) is 0 Å². The van der Waals surface area contributed by atoms with Crippen molar-refractivity contribution in [1.82, 2.24) is 9.78 Å². The average Bonchev–Trinajstić information content (AvgIpc) is 2.47. The van der Waals surface area contributed by atoms with E-state index in [1.807, 2.05) is 24.3 Å². The molecule has 0 aliphatic carbocycles. The van der Waals surface area contributed by atoms with Crippen LogP contribution in [0.2, 0.25) is 0 Å². The van der Waals surface area contributed by atoms with Gasteiger partial charge in [0, 0.05) is 5.39 Å². The molecule has 0 radical (unpaired) electrons. The van der Waals surface area contributed by atoms with E-state index in [4.69, 9.17) is 5.11 Å². The molecule has 0 aliphatic rings. The summed E-state index contributed by atoms with van der Waals surface area (Å²) in [6.07, 6.45) is 1.66. The molecule has 0 aliphatic heterocycles. The molecule has 0 bridgehead atoms. The van der Waals surface area contributed by atoms with Crippen LogP contribution in [0, 0.1) is 0 Å². The minimum atomic E-state index is -0.226. The Labute approximate surface area is 74.2 Å². The predicted octanol–water partition coefficient (Wildman–Crippen LogP) is 1.73. The van der Waals surface area contributed by atoms with Gasteiger partial charge >= 0.3 is 0 Å². The molecule has 60 valence electrons. The van der Waals surface area contributed by atoms with Crippen molar-refractivity contribution in [3.8, 4) is 0 Å². The quantitative estimate of drug-likeness (QED) is 0.624. The van der Waals surface area contributed by atoms with Crippen molar-refractivity contribution in [2.24, 2.45) is 0 Å². The summed E-state index contributed by atoms with van der Waals surface area (Å²) in [6.45, 7) is 0. The maximum atomic E-state index is 9.04. The fourth-order valence-electron chi connectivity index (χ4n) is 1.12. The van der Waals surface area contributed by atoms with Crippen molar-refractivity contribution in [3.05, 3.63) is 30.5 Å². The van der Waals surface area contributed by atoms with Crippen molar-refractivity contribution < 1.29 is 5.11 Å². The average molecular weight is 178 g/mol. The molecule has 0 amide bonds. The monoisotopic (exact) mass is 178 g/mol. The molecule has 2 rings (SSSR count). The van der Waals surface area contributed by atoms with Gasteiger partial charge in [0.25, 0.3) is 5.17 Å². The topological polar surface area (TPSA) is 38.0 Å². The van der Waals surface area contributed by atoms with Crippen molar-refractivity contribution in [1.29, 1.82) is 0 Å². The van der Waals surface area contributed by atoms with Gasteiger partial charge in [0.05, 0.1) is 11.7 Å². The summed E-state index contributed by atoms with van der Waals surface area (Å²) in [4.78, 5) is 0. The van der Waals surface area contributed by atoms with Gasteiger partial charge in [-0.15, -0.1) is 0 Å². The zero-order valence-electron chi connectivity index (χ0n) is 6.14. The molecule has 1 N–H and O–H groups in total. The Bertz CT molecular complexity index is 435. The van der Waals surface area contributed by atoms with E-state index in [0.717, 1.165) is 10.9 Å². The lowest BCUT2D eigenvalue weighted by Gasteiger charge is -1.95. The lowest BCUT2D eigenvalue weighted by Crippen LogP contribution is -2.08. The number of hydrogen-bond donors (Lipinski definition) is 1. The van der Waals surface area contributed by atoms with Gasteiger partial charge in [-0.05, 0) is 18.3 Å². The summed E-state index contributed by atoms with van der Waals surface area (Å²) in [5.41, 5.74) is 0.824. The lowest BCUT2D eigenvalue weighted by molar-refractivity contribution is 0.532. The Morgan fingerprint density at radius 2 is 2.17 bits per heavy atom. The van der Waals surface area contributed by atoms with Crippen LogP contribution in [0.25, 0.3) is 10.9 Å². The largest absolute Gasteiger partial charge is 0.485 e. The van der Waals surface area contributed by atoms with Crippen LogP contribution in [0.3, 0.4) is 0 Å². The first-order valence-corrected chi connectivity index (χ1v) is 3.86. The highest BCUT2D eigenvalue weighted by Gasteiger charge is 2.03. The molecule has 0 unspecified atom stereocenters. The van der Waals surface area contributed by atoms with Crippen molar-refractivity contribution in [2.75, 3.05) is 0 Å². The van der Waals surface area contributed by atoms with E-state index in [1.54, 1.807) is 6.20 Å². The van der Waals surface area contributed by atoms with E-state index in [-0.39, 0.29) is 5.17 Å². The van der Waals surface area contributed by atoms with Gasteiger partial charge in [-0.25, -0.2) is 0 Å². The van der Waals surface area contributed by atoms with Crippen LogP contribution < -0.4 is 0 Å². The molecule has 0 spiro atoms. The summed E-state index contributed by atoms with van der Waals surface area (Å²) in [5, 5.41) is 13.7. The van der Waals surface area contributed by atoms with E-state index in [0.29, 0.717) is 0 Å². The van der Waals surface area contributed by atoms with E-state index in [2.05, 4.69) is 17.3 Å². The minimum absolute atomic E-state index is 0.226. The first kappa shape index (κ1) is 7.24. The molecule has 1 aromatic heterocycles. The molecule has 0 saturated heterocycles. The van der Waals surface area contributed by atoms with Gasteiger partial charge < -0.3 is 5.11 Å². The van der Waals surface area contributed by atoms with E-state index >= 15 is 0 Å². The smallest absolute Gasteiger partial charge is 0.282 e. The van der Waals surface area contributed by atoms with Gasteiger partial charge in [0.2, 0.25) is 0 Å². The number of aliphatic hydroxyl groups excluding tert-OH is 1. The molecule has 1 aromatic carbocycles. The van der Waals surface area contributed by atoms with E-state index in [1.165, 1.54) is 4.68 Å². The number of aromatic nitrogens is 2. The second-order valence-corrected chi connectivity index (χ2v) is 2.76. The standard InChI is InChI=1S/C8H6N2OS/c11-8(12)10-7-4-2-1-3-6(7)5-9-10/h1-5H,(H,11,12). The molecule has 4 heteroatoms. The summed E-state index contributed by atoms with van der Waals surface area (Å²) < 4.78 is 1.32. The molecule has 0 saturated carbocycles. The van der Waals surface area contributed by atoms with Crippen LogP contribution in [-0.2, 0) is 0 Å². The van der Waals surface area contributed by atoms with Crippen molar-refractivity contribution in [3.63, 3.8) is 0 Å². The third kappa shape index (κ3) is 0.967. The highest BCUT2D eigenvalue weighted by molar-refractivity contribution is 7.80. The molecular formula is C8H6N2OS. The number of hydrogen-bond acceptors (Lipinski definition) is 2. The summed E-state index contributed by atoms with van der Waals surface area (Å²) >= 11 is 4.60. The zero-order valence-corrected chi connectivity index (χ0v) is 6.95. The number of nitrogens with zero attached hydrogens (tertiary/aromatic N) is 2. The van der Waals surface area contributed by atoms with Crippen LogP contribution >= 0.6 is 12.2 Å². The van der Waals surface area contributed by atoms with Crippen LogP contribution in [0.1, 0.15) is 0 Å². The second kappa shape index (κ2) is 2.57. The number of para-hydroxylation sites is 1. The van der Waals surface area contributed by atoms with Gasteiger partial charge in [0.15, 0.2) is 0 Å². The minimum Gasteiger partial charge on any atom is -0.485 e. The molecule has 0 fully saturated rings. The lowest BCUT2D eigenvalue weighted by atomic mass is 10.3. The fourth-order valence-corrected chi connectivity index (χ4v) is 1.27. The van der Waals surface area contributed by atoms with E-state index in [9.17, 15) is 0 Å². The first-order valence-electron chi connectivity index (χ1n) is 3.45. The number of aliphatic hydroxyl groups is 1. The Morgan fingerprint density at radius 3 is 2.92 bits per heavy atom. The van der Waals surface area contributed by atoms with Crippen molar-refractivity contribution >= 4 is 28.3 Å². The first-order chi connectivity index (χ1) is 5.79. The second-order valence-electron chi connectivity index (χ2n) is 2.40. The Kier molecular flexibility index (Phi) is 1.55. The highest BCUT2D eigenvalue weighted by Crippen LogP contribution is 2.11. The third-order valence-corrected chi connectivity index (χ3v) is 1.83. The molecule has 3 nitrogen and oxygen atoms in total. The highest BCUT2D eigenvalue weighted by atomic mass is 32.1. The number of fused-ring (bicyclic) bond motifs is 1. The maximum Gasteiger partial charge on any atom is 0.282 e. The zero-order chi connectivity index (χ0) is 8.55. The van der Waals surface area contributed by atoms with Crippen LogP contribution in [0.15, 0.2) is 30.5 Å². The van der Waals surface area contributed by atoms with Crippen LogP contribution in [0.4, 0.5) is 0 Å². The van der Waals surface area contributed by atoms with Crippen LogP contribution in [0.5, 0.6) is 0 Å². The van der Waals surface area contributed by atoms with Gasteiger partial charge in [-0.1, -0.05) is 18.2 Å². The third-order valence-electron chi connectivity index (χ3n) is 1.66. The van der Waals surface area contributed by atoms with Gasteiger partial charge in [0.1, 0.15) is 0 Å².